The molecule has 1 aliphatic heterocycles. The molecule has 1 unspecified atom stereocenters. The van der Waals surface area contributed by atoms with Gasteiger partial charge in [0.25, 0.3) is 0 Å². The fourth-order valence-electron chi connectivity index (χ4n) is 4.53. The van der Waals surface area contributed by atoms with Gasteiger partial charge in [-0.25, -0.2) is 9.18 Å². The topological polar surface area (TPSA) is 67.4 Å². The second-order valence-corrected chi connectivity index (χ2v) is 11.4. The number of benzene rings is 2. The first kappa shape index (κ1) is 25.9. The number of nitrogens with one attached hydrogen (secondary N) is 1. The fourth-order valence-corrected chi connectivity index (χ4v) is 5.14. The van der Waals surface area contributed by atoms with Gasteiger partial charge in [0.2, 0.25) is 0 Å². The molecule has 1 atom stereocenters. The summed E-state index contributed by atoms with van der Waals surface area (Å²) in [5, 5.41) is 8.84. The molecule has 0 bridgehead atoms. The molecule has 4 rings (SSSR count). The predicted molar refractivity (Wildman–Crippen MR) is 138 cm³/mol. The number of aromatic nitrogens is 2. The van der Waals surface area contributed by atoms with Crippen molar-refractivity contribution in [3.63, 3.8) is 0 Å². The van der Waals surface area contributed by atoms with E-state index in [1.54, 1.807) is 4.90 Å². The molecule has 1 aromatic heterocycles. The first-order valence-corrected chi connectivity index (χ1v) is 12.8. The van der Waals surface area contributed by atoms with Gasteiger partial charge < -0.3 is 14.4 Å². The number of carbonyl (C=O) groups is 1. The number of nitrogens with zero attached hydrogens (tertiary/aromatic N) is 2. The van der Waals surface area contributed by atoms with Crippen molar-refractivity contribution in [3.05, 3.63) is 63.0 Å². The Bertz CT molecular complexity index is 1200. The van der Waals surface area contributed by atoms with Crippen molar-refractivity contribution in [2.24, 2.45) is 0 Å². The maximum absolute atomic E-state index is 13.7. The number of fused-ring (bicyclic) bond motifs is 1. The number of hydrogen-bond donors (Lipinski definition) is 1. The van der Waals surface area contributed by atoms with Crippen LogP contribution in [-0.4, -0.2) is 46.5 Å². The van der Waals surface area contributed by atoms with Crippen LogP contribution in [0.4, 0.5) is 9.18 Å². The minimum Gasteiger partial charge on any atom is -0.444 e. The molecule has 0 aliphatic carbocycles. The summed E-state index contributed by atoms with van der Waals surface area (Å²) in [7, 11) is 0. The van der Waals surface area contributed by atoms with Crippen LogP contribution in [0.15, 0.2) is 41.0 Å². The van der Waals surface area contributed by atoms with Crippen molar-refractivity contribution in [2.75, 3.05) is 19.7 Å². The Labute approximate surface area is 218 Å². The summed E-state index contributed by atoms with van der Waals surface area (Å²) < 4.78 is 26.5. The van der Waals surface area contributed by atoms with Gasteiger partial charge in [-0.1, -0.05) is 23.7 Å². The van der Waals surface area contributed by atoms with Crippen LogP contribution in [0.25, 0.3) is 10.9 Å². The molecule has 35 heavy (non-hydrogen) atoms. The van der Waals surface area contributed by atoms with Crippen LogP contribution in [0.3, 0.4) is 0 Å². The van der Waals surface area contributed by atoms with Gasteiger partial charge in [0, 0.05) is 34.5 Å². The third kappa shape index (κ3) is 5.81. The van der Waals surface area contributed by atoms with E-state index in [9.17, 15) is 9.18 Å². The normalized spacial score (nSPS) is 16.9. The maximum atomic E-state index is 13.7. The molecule has 3 aromatic rings. The second-order valence-electron chi connectivity index (χ2n) is 10.1. The molecule has 6 nitrogen and oxygen atoms in total. The van der Waals surface area contributed by atoms with E-state index in [-0.39, 0.29) is 23.4 Å². The molecule has 0 spiro atoms. The summed E-state index contributed by atoms with van der Waals surface area (Å²) in [4.78, 5) is 14.3. The van der Waals surface area contributed by atoms with Crippen LogP contribution < -0.4 is 0 Å². The largest absolute Gasteiger partial charge is 0.444 e. The highest BCUT2D eigenvalue weighted by Gasteiger charge is 2.39. The molecule has 1 saturated heterocycles. The van der Waals surface area contributed by atoms with E-state index in [0.717, 1.165) is 26.6 Å². The van der Waals surface area contributed by atoms with E-state index < -0.39 is 5.60 Å². The lowest BCUT2D eigenvalue weighted by atomic mass is 9.73. The van der Waals surface area contributed by atoms with Crippen molar-refractivity contribution >= 4 is 44.5 Å². The molecule has 188 valence electrons. The van der Waals surface area contributed by atoms with Crippen LogP contribution in [0.1, 0.15) is 57.8 Å². The molecule has 9 heteroatoms. The van der Waals surface area contributed by atoms with Crippen LogP contribution in [0.5, 0.6) is 0 Å². The monoisotopic (exact) mass is 565 g/mol. The van der Waals surface area contributed by atoms with Crippen LogP contribution in [0, 0.1) is 5.82 Å². The summed E-state index contributed by atoms with van der Waals surface area (Å²) in [6.45, 7) is 9.01. The SMILES string of the molecule is CC(OCC1(c2ccc(F)cc2)CCN(C(=O)OC(C)(C)C)CC1)c1cc(Cl)cc2c(Br)[nH]nc12. The van der Waals surface area contributed by atoms with Gasteiger partial charge in [0.05, 0.1) is 18.2 Å². The number of aromatic amines is 1. The Hall–Kier alpha value is -2.16. The van der Waals surface area contributed by atoms with Gasteiger partial charge in [-0.05, 0) is 86.3 Å². The number of carbonyl (C=O) groups excluding carboxylic acids is 1. The lowest BCUT2D eigenvalue weighted by Gasteiger charge is -2.42. The Morgan fingerprint density at radius 2 is 1.91 bits per heavy atom. The zero-order valence-electron chi connectivity index (χ0n) is 20.3. The van der Waals surface area contributed by atoms with Crippen molar-refractivity contribution in [1.82, 2.24) is 15.1 Å². The van der Waals surface area contributed by atoms with Crippen LogP contribution >= 0.6 is 27.5 Å². The first-order valence-electron chi connectivity index (χ1n) is 11.7. The van der Waals surface area contributed by atoms with E-state index in [2.05, 4.69) is 26.1 Å². The Balaban J connectivity index is 1.55. The predicted octanol–water partition coefficient (Wildman–Crippen LogP) is 7.16. The fraction of sp³-hybridized carbons (Fsp3) is 0.462. The van der Waals surface area contributed by atoms with E-state index in [0.29, 0.717) is 37.6 Å². The van der Waals surface area contributed by atoms with Gasteiger partial charge in [-0.3, -0.25) is 5.10 Å². The number of halogens is 3. The molecule has 1 fully saturated rings. The zero-order valence-corrected chi connectivity index (χ0v) is 22.7. The van der Waals surface area contributed by atoms with Gasteiger partial charge in [-0.2, -0.15) is 5.10 Å². The number of ether oxygens (including phenoxy) is 2. The number of hydrogen-bond acceptors (Lipinski definition) is 4. The van der Waals surface area contributed by atoms with Crippen LogP contribution in [0.2, 0.25) is 5.02 Å². The highest BCUT2D eigenvalue weighted by Crippen LogP contribution is 2.39. The number of piperidine rings is 1. The molecule has 2 aromatic carbocycles. The number of amides is 1. The van der Waals surface area contributed by atoms with E-state index in [1.807, 2.05) is 52.0 Å². The van der Waals surface area contributed by atoms with E-state index in [1.165, 1.54) is 12.1 Å². The van der Waals surface area contributed by atoms with Crippen molar-refractivity contribution < 1.29 is 18.7 Å². The molecule has 1 N–H and O–H groups in total. The smallest absolute Gasteiger partial charge is 0.410 e. The Morgan fingerprint density at radius 1 is 1.26 bits per heavy atom. The molecule has 0 saturated carbocycles. The molecule has 0 radical (unpaired) electrons. The van der Waals surface area contributed by atoms with Crippen molar-refractivity contribution in [2.45, 2.75) is 57.7 Å². The average molecular weight is 567 g/mol. The lowest BCUT2D eigenvalue weighted by Crippen LogP contribution is -2.48. The van der Waals surface area contributed by atoms with Crippen LogP contribution in [-0.2, 0) is 14.9 Å². The van der Waals surface area contributed by atoms with Crippen molar-refractivity contribution in [3.8, 4) is 0 Å². The van der Waals surface area contributed by atoms with Gasteiger partial charge in [-0.15, -0.1) is 0 Å². The number of rotatable bonds is 5. The average Bonchev–Trinajstić information content (AvgIpc) is 3.17. The lowest BCUT2D eigenvalue weighted by molar-refractivity contribution is -0.00933. The number of likely N-dealkylation sites (tertiary alicyclic amines) is 1. The summed E-state index contributed by atoms with van der Waals surface area (Å²) in [5.41, 5.74) is 1.75. The summed E-state index contributed by atoms with van der Waals surface area (Å²) in [6.07, 6.45) is 0.741. The highest BCUT2D eigenvalue weighted by atomic mass is 79.9. The quantitative estimate of drug-likeness (QED) is 0.356. The molecule has 1 amide bonds. The Morgan fingerprint density at radius 3 is 2.54 bits per heavy atom. The summed E-state index contributed by atoms with van der Waals surface area (Å²) in [6, 6.07) is 10.3. The minimum absolute atomic E-state index is 0.283. The summed E-state index contributed by atoms with van der Waals surface area (Å²) >= 11 is 9.85. The zero-order chi connectivity index (χ0) is 25.4. The molecule has 2 heterocycles. The highest BCUT2D eigenvalue weighted by molar-refractivity contribution is 9.10. The molecular formula is C26H30BrClFN3O3. The third-order valence-corrected chi connectivity index (χ3v) is 7.31. The maximum Gasteiger partial charge on any atom is 0.410 e. The molecule has 1 aliphatic rings. The van der Waals surface area contributed by atoms with Gasteiger partial charge >= 0.3 is 6.09 Å². The Kier molecular flexibility index (Phi) is 7.46. The minimum atomic E-state index is -0.551. The summed E-state index contributed by atoms with van der Waals surface area (Å²) in [5.74, 6) is -0.283. The van der Waals surface area contributed by atoms with E-state index >= 15 is 0 Å². The molecular weight excluding hydrogens is 537 g/mol. The number of H-pyrrole nitrogens is 1. The standard InChI is InChI=1S/C26H30BrClFN3O3/c1-16(20-13-18(28)14-21-22(20)30-31-23(21)27)34-15-26(17-5-7-19(29)8-6-17)9-11-32(12-10-26)24(33)35-25(2,3)4/h5-8,13-14,16H,9-12,15H2,1-4H3,(H,30,31). The van der Waals surface area contributed by atoms with E-state index in [4.69, 9.17) is 21.1 Å². The second kappa shape index (κ2) is 10.1. The first-order chi connectivity index (χ1) is 16.5. The third-order valence-electron chi connectivity index (χ3n) is 6.48. The van der Waals surface area contributed by atoms with Gasteiger partial charge in [0.15, 0.2) is 0 Å². The van der Waals surface area contributed by atoms with Crippen molar-refractivity contribution in [1.29, 1.82) is 0 Å². The van der Waals surface area contributed by atoms with Gasteiger partial charge in [0.1, 0.15) is 16.0 Å².